The van der Waals surface area contributed by atoms with Gasteiger partial charge in [-0.3, -0.25) is 9.59 Å². The summed E-state index contributed by atoms with van der Waals surface area (Å²) in [6.45, 7) is 1.14. The standard InChI is InChI=1S/C19H22N2O4/c1-24-18(22)10-11-25-17-8-4-15(5-9-17)13-21-19(23)16-6-2-14(12-20)3-7-16/h2-9H,10-13,20H2,1H3,(H,21,23). The largest absolute Gasteiger partial charge is 0.493 e. The molecule has 0 aromatic heterocycles. The first-order valence-electron chi connectivity index (χ1n) is 7.98. The maximum atomic E-state index is 12.1. The van der Waals surface area contributed by atoms with Crippen molar-refractivity contribution in [2.24, 2.45) is 5.73 Å². The van der Waals surface area contributed by atoms with Crippen LogP contribution in [-0.2, 0) is 22.6 Å². The summed E-state index contributed by atoms with van der Waals surface area (Å²) in [5.74, 6) is 0.220. The van der Waals surface area contributed by atoms with Gasteiger partial charge in [-0.1, -0.05) is 24.3 Å². The number of hydrogen-bond acceptors (Lipinski definition) is 5. The third-order valence-electron chi connectivity index (χ3n) is 3.63. The van der Waals surface area contributed by atoms with Crippen molar-refractivity contribution in [2.45, 2.75) is 19.5 Å². The highest BCUT2D eigenvalue weighted by molar-refractivity contribution is 5.94. The average Bonchev–Trinajstić information content (AvgIpc) is 2.67. The topological polar surface area (TPSA) is 90.6 Å². The minimum Gasteiger partial charge on any atom is -0.493 e. The molecule has 1 amide bonds. The van der Waals surface area contributed by atoms with E-state index in [1.54, 1.807) is 24.3 Å². The maximum absolute atomic E-state index is 12.1. The summed E-state index contributed by atoms with van der Waals surface area (Å²) < 4.78 is 10.00. The number of ether oxygens (including phenoxy) is 2. The predicted molar refractivity (Wildman–Crippen MR) is 94.1 cm³/mol. The summed E-state index contributed by atoms with van der Waals surface area (Å²) in [4.78, 5) is 23.1. The van der Waals surface area contributed by atoms with E-state index in [1.807, 2.05) is 24.3 Å². The van der Waals surface area contributed by atoms with Crippen LogP contribution in [0.5, 0.6) is 5.75 Å². The Bertz CT molecular complexity index is 696. The third-order valence-corrected chi connectivity index (χ3v) is 3.63. The van der Waals surface area contributed by atoms with Gasteiger partial charge in [-0.05, 0) is 35.4 Å². The van der Waals surface area contributed by atoms with E-state index in [0.29, 0.717) is 24.4 Å². The third kappa shape index (κ3) is 5.93. The van der Waals surface area contributed by atoms with Crippen LogP contribution in [0.1, 0.15) is 27.9 Å². The van der Waals surface area contributed by atoms with Crippen LogP contribution in [0.4, 0.5) is 0 Å². The molecule has 0 radical (unpaired) electrons. The SMILES string of the molecule is COC(=O)CCOc1ccc(CNC(=O)c2ccc(CN)cc2)cc1. The summed E-state index contributed by atoms with van der Waals surface area (Å²) >= 11 is 0. The van der Waals surface area contributed by atoms with Gasteiger partial charge in [0, 0.05) is 18.7 Å². The van der Waals surface area contributed by atoms with E-state index in [9.17, 15) is 9.59 Å². The molecule has 0 unspecified atom stereocenters. The molecule has 0 saturated carbocycles. The molecule has 25 heavy (non-hydrogen) atoms. The molecule has 0 aliphatic heterocycles. The van der Waals surface area contributed by atoms with E-state index < -0.39 is 0 Å². The first-order chi connectivity index (χ1) is 12.1. The van der Waals surface area contributed by atoms with Crippen LogP contribution in [0.15, 0.2) is 48.5 Å². The Balaban J connectivity index is 1.80. The number of esters is 1. The highest BCUT2D eigenvalue weighted by Gasteiger charge is 2.05. The number of methoxy groups -OCH3 is 1. The molecule has 0 aliphatic carbocycles. The second-order valence-electron chi connectivity index (χ2n) is 5.40. The van der Waals surface area contributed by atoms with Gasteiger partial charge in [-0.15, -0.1) is 0 Å². The average molecular weight is 342 g/mol. The molecule has 0 spiro atoms. The zero-order valence-electron chi connectivity index (χ0n) is 14.2. The monoisotopic (exact) mass is 342 g/mol. The van der Waals surface area contributed by atoms with Crippen LogP contribution in [0.25, 0.3) is 0 Å². The number of benzene rings is 2. The number of carbonyl (C=O) groups excluding carboxylic acids is 2. The lowest BCUT2D eigenvalue weighted by Crippen LogP contribution is -2.22. The highest BCUT2D eigenvalue weighted by atomic mass is 16.5. The lowest BCUT2D eigenvalue weighted by molar-refractivity contribution is -0.141. The quantitative estimate of drug-likeness (QED) is 0.716. The molecule has 0 fully saturated rings. The van der Waals surface area contributed by atoms with Gasteiger partial charge in [0.05, 0.1) is 20.1 Å². The number of nitrogens with one attached hydrogen (secondary N) is 1. The summed E-state index contributed by atoms with van der Waals surface area (Å²) in [7, 11) is 1.35. The highest BCUT2D eigenvalue weighted by Crippen LogP contribution is 2.13. The maximum Gasteiger partial charge on any atom is 0.308 e. The number of carbonyl (C=O) groups is 2. The van der Waals surface area contributed by atoms with E-state index in [-0.39, 0.29) is 24.9 Å². The Kier molecular flexibility index (Phi) is 6.98. The van der Waals surface area contributed by atoms with Crippen molar-refractivity contribution < 1.29 is 19.1 Å². The Morgan fingerprint density at radius 2 is 1.64 bits per heavy atom. The minimum absolute atomic E-state index is 0.137. The van der Waals surface area contributed by atoms with Gasteiger partial charge in [-0.2, -0.15) is 0 Å². The molecule has 6 heteroatoms. The number of nitrogens with two attached hydrogens (primary N) is 1. The zero-order valence-corrected chi connectivity index (χ0v) is 14.2. The number of hydrogen-bond donors (Lipinski definition) is 2. The molecule has 0 atom stereocenters. The van der Waals surface area contributed by atoms with Crippen LogP contribution in [0.2, 0.25) is 0 Å². The van der Waals surface area contributed by atoms with E-state index in [2.05, 4.69) is 10.1 Å². The normalized spacial score (nSPS) is 10.2. The Morgan fingerprint density at radius 3 is 2.24 bits per heavy atom. The molecular formula is C19H22N2O4. The summed E-state index contributed by atoms with van der Waals surface area (Å²) in [6.07, 6.45) is 0.206. The van der Waals surface area contributed by atoms with E-state index in [1.165, 1.54) is 7.11 Å². The molecule has 3 N–H and O–H groups in total. The fourth-order valence-electron chi connectivity index (χ4n) is 2.13. The van der Waals surface area contributed by atoms with Crippen molar-refractivity contribution in [1.29, 1.82) is 0 Å². The van der Waals surface area contributed by atoms with Crippen LogP contribution in [0.3, 0.4) is 0 Å². The molecule has 6 nitrogen and oxygen atoms in total. The van der Waals surface area contributed by atoms with Crippen molar-refractivity contribution in [3.8, 4) is 5.75 Å². The van der Waals surface area contributed by atoms with Crippen LogP contribution >= 0.6 is 0 Å². The number of amides is 1. The summed E-state index contributed by atoms with van der Waals surface area (Å²) in [5, 5.41) is 2.87. The Morgan fingerprint density at radius 1 is 1.00 bits per heavy atom. The smallest absolute Gasteiger partial charge is 0.308 e. The van der Waals surface area contributed by atoms with Crippen molar-refractivity contribution in [3.05, 3.63) is 65.2 Å². The van der Waals surface area contributed by atoms with Gasteiger partial charge in [0.25, 0.3) is 5.91 Å². The molecule has 2 aromatic carbocycles. The van der Waals surface area contributed by atoms with Crippen molar-refractivity contribution in [2.75, 3.05) is 13.7 Å². The van der Waals surface area contributed by atoms with E-state index in [0.717, 1.165) is 11.1 Å². The summed E-state index contributed by atoms with van der Waals surface area (Å²) in [6, 6.07) is 14.5. The second kappa shape index (κ2) is 9.44. The van der Waals surface area contributed by atoms with Gasteiger partial charge in [0.15, 0.2) is 0 Å². The van der Waals surface area contributed by atoms with Gasteiger partial charge < -0.3 is 20.5 Å². The zero-order chi connectivity index (χ0) is 18.1. The van der Waals surface area contributed by atoms with Gasteiger partial charge in [0.2, 0.25) is 0 Å². The predicted octanol–water partition coefficient (Wildman–Crippen LogP) is 2.02. The fraction of sp³-hybridized carbons (Fsp3) is 0.263. The van der Waals surface area contributed by atoms with E-state index in [4.69, 9.17) is 10.5 Å². The lowest BCUT2D eigenvalue weighted by Gasteiger charge is -2.08. The first kappa shape index (κ1) is 18.5. The van der Waals surface area contributed by atoms with Crippen molar-refractivity contribution in [1.82, 2.24) is 5.32 Å². The van der Waals surface area contributed by atoms with Crippen molar-refractivity contribution >= 4 is 11.9 Å². The lowest BCUT2D eigenvalue weighted by atomic mass is 10.1. The molecule has 0 saturated heterocycles. The van der Waals surface area contributed by atoms with Gasteiger partial charge in [-0.25, -0.2) is 0 Å². The molecule has 132 valence electrons. The summed E-state index contributed by atoms with van der Waals surface area (Å²) in [5.41, 5.74) is 8.08. The fourth-order valence-corrected chi connectivity index (χ4v) is 2.13. The van der Waals surface area contributed by atoms with Crippen LogP contribution in [0, 0.1) is 0 Å². The van der Waals surface area contributed by atoms with Gasteiger partial charge >= 0.3 is 5.97 Å². The van der Waals surface area contributed by atoms with Crippen LogP contribution in [-0.4, -0.2) is 25.6 Å². The first-order valence-corrected chi connectivity index (χ1v) is 7.98. The number of rotatable bonds is 8. The molecule has 2 aromatic rings. The molecule has 2 rings (SSSR count). The Hall–Kier alpha value is -2.86. The van der Waals surface area contributed by atoms with Crippen molar-refractivity contribution in [3.63, 3.8) is 0 Å². The Labute approximate surface area is 146 Å². The molecule has 0 bridgehead atoms. The van der Waals surface area contributed by atoms with Gasteiger partial charge in [0.1, 0.15) is 5.75 Å². The second-order valence-corrected chi connectivity index (χ2v) is 5.40. The van der Waals surface area contributed by atoms with Crippen LogP contribution < -0.4 is 15.8 Å². The molecule has 0 aliphatic rings. The van der Waals surface area contributed by atoms with E-state index >= 15 is 0 Å². The molecule has 0 heterocycles. The molecular weight excluding hydrogens is 320 g/mol. The minimum atomic E-state index is -0.307.